The van der Waals surface area contributed by atoms with Gasteiger partial charge in [0.05, 0.1) is 16.3 Å². The lowest BCUT2D eigenvalue weighted by molar-refractivity contribution is -0.384. The first-order valence-electron chi connectivity index (χ1n) is 8.95. The zero-order chi connectivity index (χ0) is 21.1. The largest absolute Gasteiger partial charge is 0.445 e. The van der Waals surface area contributed by atoms with Gasteiger partial charge in [0.1, 0.15) is 5.84 Å². The van der Waals surface area contributed by atoms with Gasteiger partial charge in [0.15, 0.2) is 0 Å². The summed E-state index contributed by atoms with van der Waals surface area (Å²) in [5, 5.41) is 14.5. The van der Waals surface area contributed by atoms with Crippen molar-refractivity contribution < 1.29 is 14.6 Å². The van der Waals surface area contributed by atoms with E-state index in [0.717, 1.165) is 9.79 Å². The predicted molar refractivity (Wildman–Crippen MR) is 114 cm³/mol. The van der Waals surface area contributed by atoms with Crippen LogP contribution in [0.5, 0.6) is 0 Å². The Labute approximate surface area is 176 Å². The van der Waals surface area contributed by atoms with Crippen LogP contribution >= 0.6 is 11.8 Å². The number of oxime groups is 1. The molecule has 3 aromatic rings. The molecule has 150 valence electrons. The minimum absolute atomic E-state index is 0.0130. The van der Waals surface area contributed by atoms with Gasteiger partial charge in [-0.1, -0.05) is 53.3 Å². The molecule has 30 heavy (non-hydrogen) atoms. The molecule has 1 aliphatic rings. The summed E-state index contributed by atoms with van der Waals surface area (Å²) in [4.78, 5) is 31.6. The number of amides is 1. The van der Waals surface area contributed by atoms with Crippen molar-refractivity contribution in [2.45, 2.75) is 16.2 Å². The van der Waals surface area contributed by atoms with Crippen molar-refractivity contribution in [2.75, 3.05) is 4.90 Å². The quantitative estimate of drug-likeness (QED) is 0.212. The van der Waals surface area contributed by atoms with Gasteiger partial charge in [-0.3, -0.25) is 15.0 Å². The highest BCUT2D eigenvalue weighted by atomic mass is 32.2. The monoisotopic (exact) mass is 420 g/mol. The number of hydrogen-bond donors (Lipinski definition) is 1. The topological polar surface area (TPSA) is 111 Å². The van der Waals surface area contributed by atoms with Crippen molar-refractivity contribution in [3.05, 3.63) is 88.5 Å². The number of benzene rings is 3. The molecule has 8 nitrogen and oxygen atoms in total. The van der Waals surface area contributed by atoms with E-state index in [0.29, 0.717) is 16.9 Å². The molecule has 0 bridgehead atoms. The molecular weight excluding hydrogens is 404 g/mol. The molecule has 2 N–H and O–H groups in total. The number of amidine groups is 1. The summed E-state index contributed by atoms with van der Waals surface area (Å²) in [5.41, 5.74) is 7.99. The number of anilines is 2. The van der Waals surface area contributed by atoms with Crippen LogP contribution in [0.4, 0.5) is 21.9 Å². The number of rotatable bonds is 4. The van der Waals surface area contributed by atoms with Crippen LogP contribution in [-0.2, 0) is 11.3 Å². The van der Waals surface area contributed by atoms with Crippen LogP contribution in [-0.4, -0.2) is 16.9 Å². The second-order valence-electron chi connectivity index (χ2n) is 6.41. The smallest absolute Gasteiger partial charge is 0.384 e. The van der Waals surface area contributed by atoms with E-state index in [1.165, 1.54) is 17.0 Å². The highest BCUT2D eigenvalue weighted by Crippen LogP contribution is 2.48. The molecule has 0 spiro atoms. The molecule has 1 aliphatic heterocycles. The Bertz CT molecular complexity index is 1100. The second-order valence-corrected chi connectivity index (χ2v) is 7.50. The molecule has 9 heteroatoms. The minimum atomic E-state index is -0.679. The number of nitrogens with zero attached hydrogens (tertiary/aromatic N) is 3. The van der Waals surface area contributed by atoms with Crippen LogP contribution in [0.25, 0.3) is 0 Å². The molecule has 0 radical (unpaired) electrons. The number of carbonyl (C=O) groups is 1. The van der Waals surface area contributed by atoms with Crippen LogP contribution in [0.1, 0.15) is 5.56 Å². The van der Waals surface area contributed by atoms with Crippen LogP contribution in [0.15, 0.2) is 87.7 Å². The fourth-order valence-electron chi connectivity index (χ4n) is 3.02. The molecule has 0 unspecified atom stereocenters. The second kappa shape index (κ2) is 8.26. The van der Waals surface area contributed by atoms with Crippen molar-refractivity contribution >= 4 is 40.8 Å². The molecule has 0 aliphatic carbocycles. The van der Waals surface area contributed by atoms with Gasteiger partial charge in [-0.2, -0.15) is 0 Å². The lowest BCUT2D eigenvalue weighted by Crippen LogP contribution is -2.29. The Balaban J connectivity index is 1.52. The number of nitro groups is 1. The standard InChI is InChI=1S/C21H16N4O4S/c22-20(13-14-9-11-15(12-10-14)25(27)28)23-29-21(26)24-16-5-1-3-7-18(16)30-19-8-4-2-6-17(19)24/h1-12H,13H2,(H2,22,23). The fourth-order valence-corrected chi connectivity index (χ4v) is 4.07. The van der Waals surface area contributed by atoms with Crippen molar-refractivity contribution in [3.8, 4) is 0 Å². The van der Waals surface area contributed by atoms with Gasteiger partial charge in [-0.25, -0.2) is 9.69 Å². The Morgan fingerprint density at radius 1 is 1.00 bits per heavy atom. The molecule has 3 aromatic carbocycles. The van der Waals surface area contributed by atoms with Crippen LogP contribution in [0, 0.1) is 10.1 Å². The highest BCUT2D eigenvalue weighted by Gasteiger charge is 2.29. The zero-order valence-electron chi connectivity index (χ0n) is 15.6. The first-order valence-corrected chi connectivity index (χ1v) is 9.77. The Kier molecular flexibility index (Phi) is 5.36. The lowest BCUT2D eigenvalue weighted by Gasteiger charge is -2.29. The van der Waals surface area contributed by atoms with E-state index in [1.807, 2.05) is 48.5 Å². The summed E-state index contributed by atoms with van der Waals surface area (Å²) in [6, 6.07) is 21.0. The highest BCUT2D eigenvalue weighted by molar-refractivity contribution is 7.99. The minimum Gasteiger partial charge on any atom is -0.384 e. The number of carbonyl (C=O) groups excluding carboxylic acids is 1. The zero-order valence-corrected chi connectivity index (χ0v) is 16.4. The maximum absolute atomic E-state index is 12.9. The molecule has 1 heterocycles. The van der Waals surface area contributed by atoms with Gasteiger partial charge >= 0.3 is 6.09 Å². The summed E-state index contributed by atoms with van der Waals surface area (Å²) in [6.45, 7) is 0. The Hall–Kier alpha value is -3.85. The first kappa shape index (κ1) is 19.5. The molecule has 1 amide bonds. The number of hydrogen-bond acceptors (Lipinski definition) is 6. The first-order chi connectivity index (χ1) is 14.5. The molecule has 0 saturated heterocycles. The fraction of sp³-hybridized carbons (Fsp3) is 0.0476. The van der Waals surface area contributed by atoms with E-state index in [4.69, 9.17) is 10.6 Å². The number of fused-ring (bicyclic) bond motifs is 2. The van der Waals surface area contributed by atoms with Gasteiger partial charge in [0.25, 0.3) is 5.69 Å². The molecule has 0 aromatic heterocycles. The van der Waals surface area contributed by atoms with Crippen LogP contribution in [0.3, 0.4) is 0 Å². The summed E-state index contributed by atoms with van der Waals surface area (Å²) < 4.78 is 0. The van der Waals surface area contributed by atoms with Crippen LogP contribution < -0.4 is 10.6 Å². The van der Waals surface area contributed by atoms with Gasteiger partial charge in [-0.15, -0.1) is 0 Å². The predicted octanol–water partition coefficient (Wildman–Crippen LogP) is 4.85. The van der Waals surface area contributed by atoms with Crippen molar-refractivity contribution in [1.82, 2.24) is 0 Å². The molecule has 4 rings (SSSR count). The average Bonchev–Trinajstić information content (AvgIpc) is 2.76. The summed E-state index contributed by atoms with van der Waals surface area (Å²) in [5.74, 6) is 0.0742. The Morgan fingerprint density at radius 2 is 1.57 bits per heavy atom. The number of non-ortho nitro benzene ring substituents is 1. The van der Waals surface area contributed by atoms with Crippen molar-refractivity contribution in [1.29, 1.82) is 0 Å². The van der Waals surface area contributed by atoms with E-state index >= 15 is 0 Å². The third kappa shape index (κ3) is 3.96. The van der Waals surface area contributed by atoms with Gasteiger partial charge in [0.2, 0.25) is 0 Å². The van der Waals surface area contributed by atoms with Gasteiger partial charge in [0, 0.05) is 28.3 Å². The number of para-hydroxylation sites is 2. The molecule has 0 saturated carbocycles. The van der Waals surface area contributed by atoms with Gasteiger partial charge < -0.3 is 5.73 Å². The normalized spacial score (nSPS) is 12.7. The van der Waals surface area contributed by atoms with Crippen LogP contribution in [0.2, 0.25) is 0 Å². The SMILES string of the molecule is N/C(Cc1ccc([N+](=O)[O-])cc1)=N\OC(=O)N1c2ccccc2Sc2ccccc21. The maximum Gasteiger partial charge on any atom is 0.445 e. The summed E-state index contributed by atoms with van der Waals surface area (Å²) in [7, 11) is 0. The van der Waals surface area contributed by atoms with E-state index in [1.54, 1.807) is 23.9 Å². The lowest BCUT2D eigenvalue weighted by atomic mass is 10.1. The third-order valence-corrected chi connectivity index (χ3v) is 5.52. The van der Waals surface area contributed by atoms with Gasteiger partial charge in [-0.05, 0) is 29.8 Å². The number of nitro benzene ring substituents is 1. The maximum atomic E-state index is 12.9. The molecular formula is C21H16N4O4S. The van der Waals surface area contributed by atoms with Crippen molar-refractivity contribution in [2.24, 2.45) is 10.9 Å². The molecule has 0 atom stereocenters. The molecule has 0 fully saturated rings. The van der Waals surface area contributed by atoms with E-state index in [9.17, 15) is 14.9 Å². The van der Waals surface area contributed by atoms with E-state index < -0.39 is 11.0 Å². The van der Waals surface area contributed by atoms with Crippen molar-refractivity contribution in [3.63, 3.8) is 0 Å². The Morgan fingerprint density at radius 3 is 2.13 bits per heavy atom. The van der Waals surface area contributed by atoms with E-state index in [2.05, 4.69) is 5.16 Å². The summed E-state index contributed by atoms with van der Waals surface area (Å²) in [6.07, 6.45) is -0.490. The third-order valence-electron chi connectivity index (χ3n) is 4.39. The summed E-state index contributed by atoms with van der Waals surface area (Å²) >= 11 is 1.58. The van der Waals surface area contributed by atoms with E-state index in [-0.39, 0.29) is 17.9 Å². The number of nitrogens with two attached hydrogens (primary N) is 1. The average molecular weight is 420 g/mol.